The van der Waals surface area contributed by atoms with Crippen LogP contribution in [0.4, 0.5) is 0 Å². The van der Waals surface area contributed by atoms with Crippen LogP contribution in [0.3, 0.4) is 0 Å². The number of amides is 2. The highest BCUT2D eigenvalue weighted by Gasteiger charge is 2.37. The number of benzene rings is 1. The highest BCUT2D eigenvalue weighted by molar-refractivity contribution is 6.36. The molecule has 0 atom stereocenters. The summed E-state index contributed by atoms with van der Waals surface area (Å²) in [5.74, 6) is 0.0577. The third-order valence-corrected chi connectivity index (χ3v) is 4.47. The second-order valence-corrected chi connectivity index (χ2v) is 6.02. The molecule has 1 aliphatic heterocycles. The zero-order chi connectivity index (χ0) is 17.6. The Bertz CT molecular complexity index is 1010. The van der Waals surface area contributed by atoms with E-state index in [0.717, 1.165) is 21.4 Å². The van der Waals surface area contributed by atoms with Gasteiger partial charge in [0.25, 0.3) is 11.8 Å². The van der Waals surface area contributed by atoms with Crippen LogP contribution in [-0.4, -0.2) is 28.3 Å². The molecule has 126 valence electrons. The standard InChI is InChI=1S/C19H17N3O3/c1-21-11-14(13-7-3-4-8-15(13)21)16-17(19(24)22(2)18(16)23)20-10-12-6-5-9-25-12/h3-9,11,20H,10H2,1-2H3. The number of furan rings is 1. The van der Waals surface area contributed by atoms with Gasteiger partial charge in [-0.1, -0.05) is 18.2 Å². The predicted molar refractivity (Wildman–Crippen MR) is 93.2 cm³/mol. The number of aryl methyl sites for hydroxylation is 1. The van der Waals surface area contributed by atoms with Crippen LogP contribution in [0.2, 0.25) is 0 Å². The van der Waals surface area contributed by atoms with Gasteiger partial charge < -0.3 is 14.3 Å². The summed E-state index contributed by atoms with van der Waals surface area (Å²) < 4.78 is 7.25. The molecular formula is C19H17N3O3. The third-order valence-electron chi connectivity index (χ3n) is 4.47. The van der Waals surface area contributed by atoms with Crippen LogP contribution in [-0.2, 0) is 23.2 Å². The fraction of sp³-hybridized carbons (Fsp3) is 0.158. The van der Waals surface area contributed by atoms with Crippen molar-refractivity contribution in [1.29, 1.82) is 0 Å². The number of para-hydroxylation sites is 1. The number of likely N-dealkylation sites (N-methyl/N-ethyl adjacent to an activating group) is 1. The number of hydrogen-bond acceptors (Lipinski definition) is 4. The van der Waals surface area contributed by atoms with Gasteiger partial charge in [-0.05, 0) is 18.2 Å². The molecule has 0 aliphatic carbocycles. The molecule has 0 spiro atoms. The minimum absolute atomic E-state index is 0.303. The summed E-state index contributed by atoms with van der Waals surface area (Å²) in [5.41, 5.74) is 2.46. The summed E-state index contributed by atoms with van der Waals surface area (Å²) in [6, 6.07) is 11.4. The molecule has 2 aromatic heterocycles. The summed E-state index contributed by atoms with van der Waals surface area (Å²) in [5, 5.41) is 4.02. The number of nitrogens with zero attached hydrogens (tertiary/aromatic N) is 2. The van der Waals surface area contributed by atoms with Gasteiger partial charge in [-0.25, -0.2) is 0 Å². The van der Waals surface area contributed by atoms with Gasteiger partial charge in [0, 0.05) is 36.8 Å². The molecule has 1 aromatic carbocycles. The van der Waals surface area contributed by atoms with Gasteiger partial charge in [-0.15, -0.1) is 0 Å². The lowest BCUT2D eigenvalue weighted by atomic mass is 10.0. The summed E-state index contributed by atoms with van der Waals surface area (Å²) in [4.78, 5) is 26.4. The molecule has 1 N–H and O–H groups in total. The van der Waals surface area contributed by atoms with Crippen LogP contribution >= 0.6 is 0 Å². The number of hydrogen-bond donors (Lipinski definition) is 1. The number of carbonyl (C=O) groups excluding carboxylic acids is 2. The Kier molecular flexibility index (Phi) is 3.46. The van der Waals surface area contributed by atoms with Gasteiger partial charge in [0.05, 0.1) is 18.4 Å². The molecule has 6 heteroatoms. The summed E-state index contributed by atoms with van der Waals surface area (Å²) in [6.07, 6.45) is 3.46. The topological polar surface area (TPSA) is 67.5 Å². The first-order valence-corrected chi connectivity index (χ1v) is 7.95. The van der Waals surface area contributed by atoms with Gasteiger partial charge in [0.1, 0.15) is 11.5 Å². The molecule has 0 radical (unpaired) electrons. The zero-order valence-corrected chi connectivity index (χ0v) is 13.9. The Balaban J connectivity index is 1.84. The summed E-state index contributed by atoms with van der Waals surface area (Å²) in [7, 11) is 3.42. The van der Waals surface area contributed by atoms with Crippen molar-refractivity contribution in [3.8, 4) is 0 Å². The van der Waals surface area contributed by atoms with Crippen molar-refractivity contribution in [1.82, 2.24) is 14.8 Å². The van der Waals surface area contributed by atoms with Crippen molar-refractivity contribution in [2.24, 2.45) is 7.05 Å². The molecule has 0 saturated carbocycles. The lowest BCUT2D eigenvalue weighted by Crippen LogP contribution is -2.29. The van der Waals surface area contributed by atoms with Crippen LogP contribution in [0.15, 0.2) is 59.0 Å². The molecule has 3 heterocycles. The molecule has 25 heavy (non-hydrogen) atoms. The van der Waals surface area contributed by atoms with E-state index in [1.165, 1.54) is 7.05 Å². The molecule has 1 aliphatic rings. The van der Waals surface area contributed by atoms with Gasteiger partial charge in [0.15, 0.2) is 0 Å². The first kappa shape index (κ1) is 15.3. The van der Waals surface area contributed by atoms with Gasteiger partial charge in [-0.3, -0.25) is 14.5 Å². The Morgan fingerprint density at radius 3 is 2.60 bits per heavy atom. The van der Waals surface area contributed by atoms with E-state index in [0.29, 0.717) is 23.6 Å². The molecular weight excluding hydrogens is 318 g/mol. The summed E-state index contributed by atoms with van der Waals surface area (Å²) >= 11 is 0. The van der Waals surface area contributed by atoms with Gasteiger partial charge in [0.2, 0.25) is 0 Å². The molecule has 6 nitrogen and oxygen atoms in total. The zero-order valence-electron chi connectivity index (χ0n) is 13.9. The highest BCUT2D eigenvalue weighted by atomic mass is 16.3. The van der Waals surface area contributed by atoms with Crippen molar-refractivity contribution in [2.45, 2.75) is 6.54 Å². The Hall–Kier alpha value is -3.28. The predicted octanol–water partition coefficient (Wildman–Crippen LogP) is 2.27. The smallest absolute Gasteiger partial charge is 0.277 e. The Morgan fingerprint density at radius 2 is 1.84 bits per heavy atom. The Labute approximate surface area is 144 Å². The average molecular weight is 335 g/mol. The van der Waals surface area contributed by atoms with E-state index in [-0.39, 0.29) is 11.8 Å². The molecule has 0 unspecified atom stereocenters. The monoisotopic (exact) mass is 335 g/mol. The largest absolute Gasteiger partial charge is 0.467 e. The minimum Gasteiger partial charge on any atom is -0.467 e. The lowest BCUT2D eigenvalue weighted by molar-refractivity contribution is -0.135. The fourth-order valence-electron chi connectivity index (χ4n) is 3.18. The number of aromatic nitrogens is 1. The van der Waals surface area contributed by atoms with E-state index < -0.39 is 0 Å². The maximum atomic E-state index is 12.7. The molecule has 0 fully saturated rings. The number of imide groups is 1. The number of rotatable bonds is 4. The number of fused-ring (bicyclic) bond motifs is 1. The van der Waals surface area contributed by atoms with Crippen molar-refractivity contribution in [3.63, 3.8) is 0 Å². The van der Waals surface area contributed by atoms with E-state index in [9.17, 15) is 9.59 Å². The average Bonchev–Trinajstić information content (AvgIpc) is 3.30. The van der Waals surface area contributed by atoms with Crippen molar-refractivity contribution in [3.05, 3.63) is 65.9 Å². The number of carbonyl (C=O) groups is 2. The van der Waals surface area contributed by atoms with E-state index in [2.05, 4.69) is 5.32 Å². The molecule has 3 aromatic rings. The van der Waals surface area contributed by atoms with Gasteiger partial charge >= 0.3 is 0 Å². The van der Waals surface area contributed by atoms with Crippen molar-refractivity contribution in [2.75, 3.05) is 7.05 Å². The normalized spacial score (nSPS) is 14.9. The highest BCUT2D eigenvalue weighted by Crippen LogP contribution is 2.33. The van der Waals surface area contributed by atoms with E-state index >= 15 is 0 Å². The van der Waals surface area contributed by atoms with E-state index in [1.807, 2.05) is 48.1 Å². The van der Waals surface area contributed by atoms with Crippen molar-refractivity contribution < 1.29 is 14.0 Å². The second-order valence-electron chi connectivity index (χ2n) is 6.02. The van der Waals surface area contributed by atoms with Crippen molar-refractivity contribution >= 4 is 28.3 Å². The van der Waals surface area contributed by atoms with Crippen LogP contribution in [0.5, 0.6) is 0 Å². The first-order chi connectivity index (χ1) is 12.1. The number of nitrogens with one attached hydrogen (secondary N) is 1. The van der Waals surface area contributed by atoms with E-state index in [4.69, 9.17) is 4.42 Å². The lowest BCUT2D eigenvalue weighted by Gasteiger charge is -2.07. The molecule has 0 bridgehead atoms. The second kappa shape index (κ2) is 5.66. The van der Waals surface area contributed by atoms with E-state index in [1.54, 1.807) is 12.3 Å². The van der Waals surface area contributed by atoms with Crippen LogP contribution in [0, 0.1) is 0 Å². The van der Waals surface area contributed by atoms with Crippen LogP contribution in [0.1, 0.15) is 11.3 Å². The third kappa shape index (κ3) is 2.34. The maximum Gasteiger partial charge on any atom is 0.277 e. The Morgan fingerprint density at radius 1 is 1.04 bits per heavy atom. The molecule has 2 amide bonds. The SMILES string of the molecule is CN1C(=O)C(NCc2ccco2)=C(c2cn(C)c3ccccc23)C1=O. The minimum atomic E-state index is -0.334. The van der Waals surface area contributed by atoms with Crippen LogP contribution < -0.4 is 5.32 Å². The first-order valence-electron chi connectivity index (χ1n) is 7.95. The molecule has 4 rings (SSSR count). The van der Waals surface area contributed by atoms with Crippen LogP contribution in [0.25, 0.3) is 16.5 Å². The van der Waals surface area contributed by atoms with Gasteiger partial charge in [-0.2, -0.15) is 0 Å². The maximum absolute atomic E-state index is 12.7. The summed E-state index contributed by atoms with van der Waals surface area (Å²) in [6.45, 7) is 0.337. The fourth-order valence-corrected chi connectivity index (χ4v) is 3.18. The quantitative estimate of drug-likeness (QED) is 0.743. The molecule has 0 saturated heterocycles.